The molecule has 0 aliphatic carbocycles. The molecule has 0 atom stereocenters. The van der Waals surface area contributed by atoms with Crippen LogP contribution in [0.15, 0.2) is 42.5 Å². The number of ether oxygens (including phenoxy) is 1. The van der Waals surface area contributed by atoms with Crippen LogP contribution in [0, 0.1) is 12.7 Å². The maximum Gasteiger partial charge on any atom is 0.166 e. The van der Waals surface area contributed by atoms with Gasteiger partial charge in [-0.15, -0.1) is 0 Å². The molecule has 0 fully saturated rings. The van der Waals surface area contributed by atoms with Crippen LogP contribution in [0.3, 0.4) is 0 Å². The van der Waals surface area contributed by atoms with Crippen molar-refractivity contribution in [3.8, 4) is 5.75 Å². The van der Waals surface area contributed by atoms with Gasteiger partial charge in [-0.2, -0.15) is 0 Å². The topological polar surface area (TPSA) is 26.3 Å². The van der Waals surface area contributed by atoms with Crippen LogP contribution in [0.25, 0.3) is 0 Å². The molecule has 0 bridgehead atoms. The maximum absolute atomic E-state index is 12.7. The van der Waals surface area contributed by atoms with Gasteiger partial charge in [-0.25, -0.2) is 4.39 Å². The molecule has 0 spiro atoms. The molecule has 0 amide bonds. The molecule has 2 aromatic carbocycles. The molecular weight excluding hydrogens is 279 g/mol. The second-order valence-corrected chi connectivity index (χ2v) is 4.87. The molecule has 0 N–H and O–H groups in total. The number of benzene rings is 2. The van der Waals surface area contributed by atoms with Gasteiger partial charge >= 0.3 is 0 Å². The van der Waals surface area contributed by atoms with Crippen molar-refractivity contribution in [3.63, 3.8) is 0 Å². The predicted molar refractivity (Wildman–Crippen MR) is 77.0 cm³/mol. The number of rotatable bonds is 5. The van der Waals surface area contributed by atoms with E-state index in [0.29, 0.717) is 16.3 Å². The molecule has 20 heavy (non-hydrogen) atoms. The van der Waals surface area contributed by atoms with E-state index in [-0.39, 0.29) is 24.6 Å². The third kappa shape index (κ3) is 3.81. The van der Waals surface area contributed by atoms with Gasteiger partial charge in [0.1, 0.15) is 11.6 Å². The molecule has 0 unspecified atom stereocenters. The van der Waals surface area contributed by atoms with Crippen LogP contribution in [-0.4, -0.2) is 12.4 Å². The standard InChI is InChI=1S/C16H14ClFO2/c1-11-2-7-16(14(17)10-11)20-9-8-15(19)12-3-5-13(18)6-4-12/h2-7,10H,8-9H2,1H3. The lowest BCUT2D eigenvalue weighted by atomic mass is 10.1. The van der Waals surface area contributed by atoms with Gasteiger partial charge in [0, 0.05) is 12.0 Å². The Bertz CT molecular complexity index is 608. The monoisotopic (exact) mass is 292 g/mol. The Morgan fingerprint density at radius 3 is 2.55 bits per heavy atom. The highest BCUT2D eigenvalue weighted by Crippen LogP contribution is 2.25. The number of halogens is 2. The van der Waals surface area contributed by atoms with Crippen molar-refractivity contribution in [2.75, 3.05) is 6.61 Å². The Balaban J connectivity index is 1.89. The summed E-state index contributed by atoms with van der Waals surface area (Å²) in [5.74, 6) is 0.113. The fourth-order valence-corrected chi connectivity index (χ4v) is 2.05. The molecule has 2 rings (SSSR count). The minimum atomic E-state index is -0.357. The summed E-state index contributed by atoms with van der Waals surface area (Å²) in [5.41, 5.74) is 1.52. The second-order valence-electron chi connectivity index (χ2n) is 4.46. The van der Waals surface area contributed by atoms with Gasteiger partial charge in [0.2, 0.25) is 0 Å². The van der Waals surface area contributed by atoms with Crippen LogP contribution >= 0.6 is 11.6 Å². The van der Waals surface area contributed by atoms with Crippen LogP contribution < -0.4 is 4.74 Å². The first-order valence-electron chi connectivity index (χ1n) is 6.24. The molecule has 0 radical (unpaired) electrons. The number of Topliss-reactive ketones (excluding diaryl/α,β-unsaturated/α-hetero) is 1. The first-order valence-corrected chi connectivity index (χ1v) is 6.62. The smallest absolute Gasteiger partial charge is 0.166 e. The van der Waals surface area contributed by atoms with E-state index in [9.17, 15) is 9.18 Å². The lowest BCUT2D eigenvalue weighted by molar-refractivity contribution is 0.0962. The minimum Gasteiger partial charge on any atom is -0.492 e. The molecule has 2 aromatic rings. The largest absolute Gasteiger partial charge is 0.492 e. The van der Waals surface area contributed by atoms with E-state index < -0.39 is 0 Å². The van der Waals surface area contributed by atoms with E-state index in [2.05, 4.69) is 0 Å². The van der Waals surface area contributed by atoms with Crippen molar-refractivity contribution >= 4 is 17.4 Å². The Kier molecular flexibility index (Phi) is 4.74. The predicted octanol–water partition coefficient (Wildman–Crippen LogP) is 4.44. The van der Waals surface area contributed by atoms with Gasteiger partial charge in [0.15, 0.2) is 5.78 Å². The van der Waals surface area contributed by atoms with E-state index in [0.717, 1.165) is 5.56 Å². The summed E-state index contributed by atoms with van der Waals surface area (Å²) in [6.45, 7) is 2.17. The van der Waals surface area contributed by atoms with Gasteiger partial charge in [-0.3, -0.25) is 4.79 Å². The summed E-state index contributed by atoms with van der Waals surface area (Å²) in [6.07, 6.45) is 0.218. The zero-order valence-electron chi connectivity index (χ0n) is 11.0. The Hall–Kier alpha value is -1.87. The Morgan fingerprint density at radius 2 is 1.90 bits per heavy atom. The number of ketones is 1. The molecule has 0 aromatic heterocycles. The highest BCUT2D eigenvalue weighted by atomic mass is 35.5. The highest BCUT2D eigenvalue weighted by molar-refractivity contribution is 6.32. The van der Waals surface area contributed by atoms with Crippen LogP contribution in [0.5, 0.6) is 5.75 Å². The highest BCUT2D eigenvalue weighted by Gasteiger charge is 2.07. The van der Waals surface area contributed by atoms with Crippen LogP contribution in [0.4, 0.5) is 4.39 Å². The summed E-state index contributed by atoms with van der Waals surface area (Å²) in [5, 5.41) is 0.527. The lowest BCUT2D eigenvalue weighted by Crippen LogP contribution is -2.07. The van der Waals surface area contributed by atoms with E-state index >= 15 is 0 Å². The first-order chi connectivity index (χ1) is 9.56. The van der Waals surface area contributed by atoms with E-state index in [1.165, 1.54) is 24.3 Å². The average Bonchev–Trinajstić information content (AvgIpc) is 2.42. The number of aryl methyl sites for hydroxylation is 1. The van der Waals surface area contributed by atoms with Crippen molar-refractivity contribution in [3.05, 3.63) is 64.4 Å². The van der Waals surface area contributed by atoms with Crippen molar-refractivity contribution < 1.29 is 13.9 Å². The Morgan fingerprint density at radius 1 is 1.20 bits per heavy atom. The fraction of sp³-hybridized carbons (Fsp3) is 0.188. The van der Waals surface area contributed by atoms with Gasteiger partial charge in [-0.1, -0.05) is 17.7 Å². The van der Waals surface area contributed by atoms with Crippen LogP contribution in [-0.2, 0) is 0 Å². The maximum atomic E-state index is 12.7. The summed E-state index contributed by atoms with van der Waals surface area (Å²) < 4.78 is 18.2. The molecule has 0 saturated carbocycles. The van der Waals surface area contributed by atoms with Gasteiger partial charge in [-0.05, 0) is 48.9 Å². The number of carbonyl (C=O) groups excluding carboxylic acids is 1. The van der Waals surface area contributed by atoms with Crippen molar-refractivity contribution in [1.82, 2.24) is 0 Å². The molecule has 0 aliphatic heterocycles. The summed E-state index contributed by atoms with van der Waals surface area (Å²) in [4.78, 5) is 11.8. The van der Waals surface area contributed by atoms with E-state index in [1.807, 2.05) is 13.0 Å². The zero-order valence-corrected chi connectivity index (χ0v) is 11.8. The zero-order chi connectivity index (χ0) is 14.5. The van der Waals surface area contributed by atoms with Crippen LogP contribution in [0.2, 0.25) is 5.02 Å². The van der Waals surface area contributed by atoms with Crippen LogP contribution in [0.1, 0.15) is 22.3 Å². The quantitative estimate of drug-likeness (QED) is 0.762. The van der Waals surface area contributed by atoms with Gasteiger partial charge < -0.3 is 4.74 Å². The normalized spacial score (nSPS) is 10.3. The van der Waals surface area contributed by atoms with Crippen molar-refractivity contribution in [2.24, 2.45) is 0 Å². The average molecular weight is 293 g/mol. The van der Waals surface area contributed by atoms with Gasteiger partial charge in [0.05, 0.1) is 11.6 Å². The SMILES string of the molecule is Cc1ccc(OCCC(=O)c2ccc(F)cc2)c(Cl)c1. The molecule has 0 saturated heterocycles. The number of hydrogen-bond acceptors (Lipinski definition) is 2. The first kappa shape index (κ1) is 14.5. The van der Waals surface area contributed by atoms with E-state index in [4.69, 9.17) is 16.3 Å². The molecule has 4 heteroatoms. The Labute approximate surface area is 122 Å². The number of hydrogen-bond donors (Lipinski definition) is 0. The molecule has 0 heterocycles. The van der Waals surface area contributed by atoms with Crippen molar-refractivity contribution in [2.45, 2.75) is 13.3 Å². The summed E-state index contributed by atoms with van der Waals surface area (Å²) >= 11 is 6.03. The molecule has 2 nitrogen and oxygen atoms in total. The van der Waals surface area contributed by atoms with E-state index in [1.54, 1.807) is 12.1 Å². The summed E-state index contributed by atoms with van der Waals surface area (Å²) in [6, 6.07) is 10.9. The minimum absolute atomic E-state index is 0.0896. The number of carbonyl (C=O) groups is 1. The summed E-state index contributed by atoms with van der Waals surface area (Å²) in [7, 11) is 0. The lowest BCUT2D eigenvalue weighted by Gasteiger charge is -2.08. The second kappa shape index (κ2) is 6.53. The fourth-order valence-electron chi connectivity index (χ4n) is 1.76. The molecule has 0 aliphatic rings. The van der Waals surface area contributed by atoms with Gasteiger partial charge in [0.25, 0.3) is 0 Å². The third-order valence-corrected chi connectivity index (χ3v) is 3.14. The van der Waals surface area contributed by atoms with Crippen molar-refractivity contribution in [1.29, 1.82) is 0 Å². The molecule has 104 valence electrons. The third-order valence-electron chi connectivity index (χ3n) is 2.84. The molecular formula is C16H14ClFO2.